The van der Waals surface area contributed by atoms with Crippen LogP contribution < -0.4 is 9.64 Å². The molecule has 0 N–H and O–H groups in total. The van der Waals surface area contributed by atoms with Crippen LogP contribution in [0, 0.1) is 0 Å². The van der Waals surface area contributed by atoms with Crippen LogP contribution >= 0.6 is 11.3 Å². The molecule has 3 aliphatic rings. The molecule has 2 heterocycles. The van der Waals surface area contributed by atoms with Gasteiger partial charge in [-0.15, -0.1) is 11.3 Å². The van der Waals surface area contributed by atoms with E-state index < -0.39 is 5.41 Å². The highest BCUT2D eigenvalue weighted by Crippen LogP contribution is 2.65. The predicted molar refractivity (Wildman–Crippen MR) is 289 cm³/mol. The Morgan fingerprint density at radius 3 is 1.67 bits per heavy atom. The average molecular weight is 898 g/mol. The van der Waals surface area contributed by atoms with Crippen LogP contribution in [0.15, 0.2) is 224 Å². The Morgan fingerprint density at radius 1 is 0.362 bits per heavy atom. The first-order chi connectivity index (χ1) is 34.0. The Hall–Kier alpha value is -8.24. The molecule has 69 heavy (non-hydrogen) atoms. The molecule has 0 fully saturated rings. The third kappa shape index (κ3) is 5.26. The summed E-state index contributed by atoms with van der Waals surface area (Å²) in [6.45, 7) is 4.74. The van der Waals surface area contributed by atoms with Gasteiger partial charge in [0, 0.05) is 64.5 Å². The standard InChI is InChI=1S/C66H43NOS/c1-65(2)54-22-10-7-18-49(54)50-34-32-45(39-59(50)65)67(44-33-37-61-53(38-44)51-19-9-12-25-60(51)69-61)43-30-26-42(27-31-43)46-21-13-24-56-62(46)52-20-8-11-23-55(52)66(56)57-35-28-40-14-3-5-16-47(40)63(57)68-64-48-17-6-4-15-41(48)29-36-58(64)66/h3-39H,1-2H3. The fourth-order valence-electron chi connectivity index (χ4n) is 12.6. The molecule has 12 aromatic rings. The Morgan fingerprint density at radius 2 is 0.913 bits per heavy atom. The van der Waals surface area contributed by atoms with Crippen molar-refractivity contribution in [2.75, 3.05) is 4.90 Å². The summed E-state index contributed by atoms with van der Waals surface area (Å²) in [5, 5.41) is 7.17. The van der Waals surface area contributed by atoms with Crippen molar-refractivity contribution in [3.63, 3.8) is 0 Å². The summed E-state index contributed by atoms with van der Waals surface area (Å²) in [5.74, 6) is 1.86. The van der Waals surface area contributed by atoms with E-state index in [0.29, 0.717) is 0 Å². The van der Waals surface area contributed by atoms with E-state index in [1.54, 1.807) is 0 Å². The maximum absolute atomic E-state index is 7.23. The molecule has 0 unspecified atom stereocenters. The van der Waals surface area contributed by atoms with E-state index in [4.69, 9.17) is 4.74 Å². The molecule has 0 atom stereocenters. The van der Waals surface area contributed by atoms with Crippen molar-refractivity contribution in [1.29, 1.82) is 0 Å². The van der Waals surface area contributed by atoms with Crippen LogP contribution in [0.1, 0.15) is 47.2 Å². The van der Waals surface area contributed by atoms with E-state index in [1.807, 2.05) is 11.3 Å². The summed E-state index contributed by atoms with van der Waals surface area (Å²) in [4.78, 5) is 2.46. The molecular weight excluding hydrogens is 855 g/mol. The topological polar surface area (TPSA) is 12.5 Å². The SMILES string of the molecule is CC1(C)c2ccccc2-c2ccc(N(c3ccc(-c4cccc5c4-c4ccccc4C54c5ccc6ccccc6c5Oc5c4ccc4ccccc54)cc3)c3ccc4sc5ccccc5c4c3)cc21. The van der Waals surface area contributed by atoms with E-state index >= 15 is 0 Å². The first kappa shape index (κ1) is 38.8. The van der Waals surface area contributed by atoms with Gasteiger partial charge in [0.25, 0.3) is 0 Å². The van der Waals surface area contributed by atoms with E-state index in [9.17, 15) is 0 Å². The number of nitrogens with zero attached hydrogens (tertiary/aromatic N) is 1. The summed E-state index contributed by atoms with van der Waals surface area (Å²) >= 11 is 1.86. The summed E-state index contributed by atoms with van der Waals surface area (Å²) in [7, 11) is 0. The Kier molecular flexibility index (Phi) is 7.96. The van der Waals surface area contributed by atoms with E-state index in [0.717, 1.165) is 39.3 Å². The van der Waals surface area contributed by atoms with E-state index in [1.165, 1.54) is 97.7 Å². The number of thiophene rings is 1. The first-order valence-corrected chi connectivity index (χ1v) is 24.8. The lowest BCUT2D eigenvalue weighted by Gasteiger charge is -2.40. The molecule has 0 radical (unpaired) electrons. The Labute approximate surface area is 405 Å². The highest BCUT2D eigenvalue weighted by molar-refractivity contribution is 7.25. The lowest BCUT2D eigenvalue weighted by Crippen LogP contribution is -2.32. The largest absolute Gasteiger partial charge is 0.455 e. The minimum absolute atomic E-state index is 0.127. The van der Waals surface area contributed by atoms with Crippen LogP contribution in [0.2, 0.25) is 0 Å². The molecular formula is C66H43NOS. The summed E-state index contributed by atoms with van der Waals surface area (Å²) < 4.78 is 9.84. The van der Waals surface area contributed by atoms with Gasteiger partial charge in [0.2, 0.25) is 0 Å². The molecule has 0 saturated heterocycles. The first-order valence-electron chi connectivity index (χ1n) is 24.0. The number of fused-ring (bicyclic) bond motifs is 19. The van der Waals surface area contributed by atoms with Crippen LogP contribution in [0.4, 0.5) is 17.1 Å². The normalized spacial score (nSPS) is 14.3. The fourth-order valence-corrected chi connectivity index (χ4v) is 13.7. The fraction of sp³-hybridized carbons (Fsp3) is 0.0606. The van der Waals surface area contributed by atoms with Crippen molar-refractivity contribution in [1.82, 2.24) is 0 Å². The number of rotatable bonds is 4. The molecule has 0 bridgehead atoms. The second-order valence-corrected chi connectivity index (χ2v) is 20.6. The lowest BCUT2D eigenvalue weighted by molar-refractivity contribution is 0.447. The highest BCUT2D eigenvalue weighted by Gasteiger charge is 2.52. The number of anilines is 3. The summed E-state index contributed by atoms with van der Waals surface area (Å²) in [6, 6.07) is 83.7. The van der Waals surface area contributed by atoms with Crippen LogP contribution in [0.3, 0.4) is 0 Å². The minimum atomic E-state index is -0.610. The average Bonchev–Trinajstić information content (AvgIpc) is 4.00. The molecule has 2 nitrogen and oxygen atoms in total. The third-order valence-corrected chi connectivity index (χ3v) is 16.9. The summed E-state index contributed by atoms with van der Waals surface area (Å²) in [5.41, 5.74) is 17.9. The van der Waals surface area contributed by atoms with E-state index in [-0.39, 0.29) is 5.41 Å². The van der Waals surface area contributed by atoms with Gasteiger partial charge in [0.15, 0.2) is 0 Å². The van der Waals surface area contributed by atoms with Crippen LogP contribution in [-0.4, -0.2) is 0 Å². The zero-order valence-corrected chi connectivity index (χ0v) is 38.9. The summed E-state index contributed by atoms with van der Waals surface area (Å²) in [6.07, 6.45) is 0. The van der Waals surface area contributed by atoms with Gasteiger partial charge in [-0.25, -0.2) is 0 Å². The van der Waals surface area contributed by atoms with Gasteiger partial charge in [0.05, 0.1) is 5.41 Å². The molecule has 3 heteroatoms. The van der Waals surface area contributed by atoms with E-state index in [2.05, 4.69) is 243 Å². The molecule has 0 amide bonds. The van der Waals surface area contributed by atoms with Crippen LogP contribution in [-0.2, 0) is 10.8 Å². The molecule has 15 rings (SSSR count). The monoisotopic (exact) mass is 897 g/mol. The predicted octanol–water partition coefficient (Wildman–Crippen LogP) is 18.3. The molecule has 1 aromatic heterocycles. The van der Waals surface area contributed by atoms with Gasteiger partial charge in [-0.2, -0.15) is 0 Å². The number of hydrogen-bond donors (Lipinski definition) is 0. The van der Waals surface area contributed by atoms with Crippen molar-refractivity contribution in [3.8, 4) is 44.9 Å². The molecule has 11 aromatic carbocycles. The second-order valence-electron chi connectivity index (χ2n) is 19.5. The van der Waals surface area contributed by atoms with Crippen molar-refractivity contribution in [2.45, 2.75) is 24.7 Å². The molecule has 0 saturated carbocycles. The van der Waals surface area contributed by atoms with Crippen molar-refractivity contribution < 1.29 is 4.74 Å². The van der Waals surface area contributed by atoms with Crippen LogP contribution in [0.5, 0.6) is 11.5 Å². The molecule has 1 aliphatic heterocycles. The second kappa shape index (κ2) is 14.1. The maximum atomic E-state index is 7.23. The highest BCUT2D eigenvalue weighted by atomic mass is 32.1. The zero-order valence-electron chi connectivity index (χ0n) is 38.1. The minimum Gasteiger partial charge on any atom is -0.455 e. The molecule has 324 valence electrons. The molecule has 2 aliphatic carbocycles. The Bertz CT molecular complexity index is 4070. The van der Waals surface area contributed by atoms with Gasteiger partial charge in [-0.05, 0) is 115 Å². The number of hydrogen-bond acceptors (Lipinski definition) is 3. The quantitative estimate of drug-likeness (QED) is 0.175. The molecule has 1 spiro atoms. The lowest BCUT2D eigenvalue weighted by atomic mass is 9.65. The number of ether oxygens (including phenoxy) is 1. The van der Waals surface area contributed by atoms with Gasteiger partial charge >= 0.3 is 0 Å². The van der Waals surface area contributed by atoms with Crippen molar-refractivity contribution >= 4 is 70.1 Å². The van der Waals surface area contributed by atoms with Crippen molar-refractivity contribution in [3.05, 3.63) is 258 Å². The van der Waals surface area contributed by atoms with Gasteiger partial charge in [-0.1, -0.05) is 190 Å². The maximum Gasteiger partial charge on any atom is 0.140 e. The zero-order chi connectivity index (χ0) is 45.6. The van der Waals surface area contributed by atoms with Gasteiger partial charge in [0.1, 0.15) is 11.5 Å². The van der Waals surface area contributed by atoms with Crippen LogP contribution in [0.25, 0.3) is 75.1 Å². The third-order valence-electron chi connectivity index (χ3n) is 15.7. The van der Waals surface area contributed by atoms with Gasteiger partial charge in [-0.3, -0.25) is 0 Å². The smallest absolute Gasteiger partial charge is 0.140 e. The Balaban J connectivity index is 0.928. The van der Waals surface area contributed by atoms with Crippen molar-refractivity contribution in [2.24, 2.45) is 0 Å². The number of benzene rings is 11. The van der Waals surface area contributed by atoms with Gasteiger partial charge < -0.3 is 9.64 Å².